The molecule has 3 aliphatic heterocycles. The molecule has 39 heavy (non-hydrogen) atoms. The molecule has 3 aliphatic rings. The number of benzene rings is 1. The van der Waals surface area contributed by atoms with E-state index >= 15 is 4.39 Å². The summed E-state index contributed by atoms with van der Waals surface area (Å²) in [5.41, 5.74) is 2.68. The molecule has 2 aromatic heterocycles. The summed E-state index contributed by atoms with van der Waals surface area (Å²) in [4.78, 5) is 32.8. The summed E-state index contributed by atoms with van der Waals surface area (Å²) >= 11 is 0. The van der Waals surface area contributed by atoms with Crippen molar-refractivity contribution in [3.8, 4) is 11.3 Å². The lowest BCUT2D eigenvalue weighted by atomic mass is 10.1. The van der Waals surface area contributed by atoms with Crippen molar-refractivity contribution in [1.29, 1.82) is 0 Å². The van der Waals surface area contributed by atoms with Gasteiger partial charge in [-0.05, 0) is 25.6 Å². The molecule has 6 bridgehead atoms. The highest BCUT2D eigenvalue weighted by Crippen LogP contribution is 2.40. The van der Waals surface area contributed by atoms with Crippen molar-refractivity contribution in [2.24, 2.45) is 0 Å². The smallest absolute Gasteiger partial charge is 0.229 e. The second kappa shape index (κ2) is 10.3. The second-order valence-corrected chi connectivity index (χ2v) is 10.1. The molecule has 204 valence electrons. The number of carbonyl (C=O) groups is 1. The molecule has 1 fully saturated rings. The zero-order valence-corrected chi connectivity index (χ0v) is 22.0. The van der Waals surface area contributed by atoms with Crippen LogP contribution in [0, 0.1) is 11.6 Å². The van der Waals surface area contributed by atoms with Gasteiger partial charge in [-0.3, -0.25) is 9.69 Å². The Hall–Kier alpha value is -3.90. The molecule has 1 saturated heterocycles. The van der Waals surface area contributed by atoms with Crippen molar-refractivity contribution in [3.05, 3.63) is 47.8 Å². The van der Waals surface area contributed by atoms with Gasteiger partial charge in [0, 0.05) is 69.1 Å². The van der Waals surface area contributed by atoms with Crippen LogP contribution < -0.4 is 20.9 Å². The normalized spacial score (nSPS) is 19.5. The number of likely N-dealkylation sites (N-methyl/N-ethyl adjacent to an activating group) is 1. The fraction of sp³-hybridized carbons (Fsp3) is 0.407. The van der Waals surface area contributed by atoms with Crippen LogP contribution in [0.4, 0.5) is 37.6 Å². The van der Waals surface area contributed by atoms with Gasteiger partial charge in [-0.25, -0.2) is 23.7 Å². The van der Waals surface area contributed by atoms with E-state index in [1.165, 1.54) is 6.07 Å². The Balaban J connectivity index is 1.36. The quantitative estimate of drug-likeness (QED) is 0.464. The van der Waals surface area contributed by atoms with E-state index in [-0.39, 0.29) is 35.7 Å². The van der Waals surface area contributed by atoms with Crippen LogP contribution in [0.2, 0.25) is 0 Å². The monoisotopic (exact) mass is 535 g/mol. The maximum Gasteiger partial charge on any atom is 0.229 e. The van der Waals surface area contributed by atoms with Gasteiger partial charge in [0.25, 0.3) is 0 Å². The number of fused-ring (bicyclic) bond motifs is 6. The molecule has 0 saturated carbocycles. The Morgan fingerprint density at radius 3 is 2.56 bits per heavy atom. The lowest BCUT2D eigenvalue weighted by Gasteiger charge is -2.34. The first kappa shape index (κ1) is 25.4. The fourth-order valence-corrected chi connectivity index (χ4v) is 5.39. The van der Waals surface area contributed by atoms with Gasteiger partial charge in [-0.1, -0.05) is 6.92 Å². The molecule has 6 rings (SSSR count). The Bertz CT molecular complexity index is 1410. The van der Waals surface area contributed by atoms with Crippen molar-refractivity contribution in [2.75, 3.05) is 60.1 Å². The summed E-state index contributed by atoms with van der Waals surface area (Å²) in [6, 6.07) is 4.70. The van der Waals surface area contributed by atoms with Crippen molar-refractivity contribution < 1.29 is 13.6 Å². The first-order chi connectivity index (χ1) is 18.9. The lowest BCUT2D eigenvalue weighted by molar-refractivity contribution is -0.116. The van der Waals surface area contributed by atoms with Crippen molar-refractivity contribution >= 4 is 34.7 Å². The predicted octanol–water partition coefficient (Wildman–Crippen LogP) is 3.62. The van der Waals surface area contributed by atoms with Crippen LogP contribution >= 0.6 is 0 Å². The molecule has 3 N–H and O–H groups in total. The highest BCUT2D eigenvalue weighted by Gasteiger charge is 2.30. The number of hydrogen-bond donors (Lipinski definition) is 3. The molecule has 1 atom stereocenters. The Morgan fingerprint density at radius 2 is 1.77 bits per heavy atom. The number of nitrogens with one attached hydrogen (secondary N) is 3. The number of amides is 1. The number of halogens is 2. The largest absolute Gasteiger partial charge is 0.361 e. The number of aromatic nitrogens is 3. The molecule has 12 heteroatoms. The first-order valence-electron chi connectivity index (χ1n) is 13.3. The summed E-state index contributed by atoms with van der Waals surface area (Å²) in [6.07, 6.45) is 2.73. The van der Waals surface area contributed by atoms with Gasteiger partial charge in [0.15, 0.2) is 5.82 Å². The van der Waals surface area contributed by atoms with Crippen molar-refractivity contribution in [3.63, 3.8) is 0 Å². The minimum Gasteiger partial charge on any atom is -0.361 e. The Morgan fingerprint density at radius 1 is 0.974 bits per heavy atom. The minimum absolute atomic E-state index is 0.0270. The summed E-state index contributed by atoms with van der Waals surface area (Å²) < 4.78 is 30.0. The topological polar surface area (TPSA) is 102 Å². The van der Waals surface area contributed by atoms with Crippen LogP contribution in [0.3, 0.4) is 0 Å². The molecule has 10 nitrogen and oxygen atoms in total. The standard InChI is InChI=1S/C27H31F2N9O/c1-3-36-6-8-37(9-7-36)15-18-13-30-23-12-21(18)33-24(39)4-5-38-16(2)32-26-19(28)10-17(11-22(26)38)25-20(29)14-31-27(34-23)35-25/h10-14,16,32H,3-9,15H2,1-2H3,(H,33,39)(H,30,31,34,35). The first-order valence-corrected chi connectivity index (χ1v) is 13.3. The van der Waals surface area contributed by atoms with Crippen LogP contribution in [0.1, 0.15) is 25.8 Å². The van der Waals surface area contributed by atoms with Crippen molar-refractivity contribution in [2.45, 2.75) is 33.0 Å². The van der Waals surface area contributed by atoms with E-state index < -0.39 is 11.6 Å². The summed E-state index contributed by atoms with van der Waals surface area (Å²) in [5.74, 6) is -0.840. The third kappa shape index (κ3) is 5.09. The van der Waals surface area contributed by atoms with Crippen LogP contribution in [0.5, 0.6) is 0 Å². The van der Waals surface area contributed by atoms with E-state index in [9.17, 15) is 9.18 Å². The van der Waals surface area contributed by atoms with Gasteiger partial charge in [0.2, 0.25) is 11.9 Å². The Labute approximate surface area is 225 Å². The van der Waals surface area contributed by atoms with E-state index in [2.05, 4.69) is 47.6 Å². The number of hydrogen-bond acceptors (Lipinski definition) is 9. The third-order valence-corrected chi connectivity index (χ3v) is 7.60. The van der Waals surface area contributed by atoms with Gasteiger partial charge in [-0.15, -0.1) is 0 Å². The molecule has 1 amide bonds. The van der Waals surface area contributed by atoms with Crippen molar-refractivity contribution in [1.82, 2.24) is 24.8 Å². The van der Waals surface area contributed by atoms with E-state index in [1.54, 1.807) is 18.3 Å². The number of carbonyl (C=O) groups excluding carboxylic acids is 1. The van der Waals surface area contributed by atoms with Gasteiger partial charge in [0.05, 0.1) is 29.4 Å². The molecule has 0 aliphatic carbocycles. The van der Waals surface area contributed by atoms with E-state index in [1.807, 2.05) is 11.8 Å². The maximum absolute atomic E-state index is 15.1. The van der Waals surface area contributed by atoms with Crippen LogP contribution in [-0.2, 0) is 11.3 Å². The van der Waals surface area contributed by atoms with Gasteiger partial charge in [0.1, 0.15) is 17.3 Å². The molecular weight excluding hydrogens is 504 g/mol. The summed E-state index contributed by atoms with van der Waals surface area (Å²) in [5, 5.41) is 9.20. The second-order valence-electron chi connectivity index (χ2n) is 10.1. The highest BCUT2D eigenvalue weighted by molar-refractivity contribution is 5.93. The number of pyridine rings is 1. The third-order valence-electron chi connectivity index (χ3n) is 7.60. The predicted molar refractivity (Wildman–Crippen MR) is 146 cm³/mol. The average Bonchev–Trinajstić information content (AvgIpc) is 3.25. The number of nitrogens with zero attached hydrogens (tertiary/aromatic N) is 6. The minimum atomic E-state index is -0.668. The van der Waals surface area contributed by atoms with Crippen LogP contribution in [-0.4, -0.2) is 76.1 Å². The van der Waals surface area contributed by atoms with Gasteiger partial charge in [-0.2, -0.15) is 0 Å². The maximum atomic E-state index is 15.1. The SMILES string of the molecule is CCN1CCN(Cc2cnc3cc2NC(=O)CCN2c4cc(cc(F)c4NC2C)-c2nc(ncc2F)N3)CC1. The van der Waals surface area contributed by atoms with E-state index in [4.69, 9.17) is 0 Å². The molecule has 1 aromatic carbocycles. The molecule has 0 radical (unpaired) electrons. The van der Waals surface area contributed by atoms with Gasteiger partial charge >= 0.3 is 0 Å². The van der Waals surface area contributed by atoms with E-state index in [0.717, 1.165) is 44.5 Å². The van der Waals surface area contributed by atoms with Crippen LogP contribution in [0.25, 0.3) is 11.3 Å². The van der Waals surface area contributed by atoms with E-state index in [0.29, 0.717) is 36.0 Å². The molecular formula is C27H31F2N9O. The summed E-state index contributed by atoms with van der Waals surface area (Å²) in [7, 11) is 0. The Kier molecular flexibility index (Phi) is 6.73. The molecule has 3 aromatic rings. The average molecular weight is 536 g/mol. The number of piperazine rings is 1. The zero-order valence-electron chi connectivity index (χ0n) is 22.0. The molecule has 0 spiro atoms. The molecule has 5 heterocycles. The fourth-order valence-electron chi connectivity index (χ4n) is 5.39. The molecule has 1 unspecified atom stereocenters. The lowest BCUT2D eigenvalue weighted by Crippen LogP contribution is -2.45. The van der Waals surface area contributed by atoms with Crippen LogP contribution in [0.15, 0.2) is 30.6 Å². The summed E-state index contributed by atoms with van der Waals surface area (Å²) in [6.45, 7) is 9.96. The highest BCUT2D eigenvalue weighted by atomic mass is 19.1. The number of rotatable bonds is 3. The zero-order chi connectivity index (χ0) is 27.1. The number of anilines is 5. The van der Waals surface area contributed by atoms with Gasteiger partial charge < -0.3 is 25.8 Å².